The number of phenolic OH excluding ortho intramolecular Hbond substituents is 1. The molecule has 0 fully saturated rings. The van der Waals surface area contributed by atoms with E-state index in [9.17, 15) is 14.7 Å². The normalized spacial score (nSPS) is 10.9. The summed E-state index contributed by atoms with van der Waals surface area (Å²) in [5.74, 6) is -1.83. The predicted octanol–water partition coefficient (Wildman–Crippen LogP) is 2.13. The summed E-state index contributed by atoms with van der Waals surface area (Å²) in [6.07, 6.45) is 0. The fraction of sp³-hybridized carbons (Fsp3) is 0.385. The van der Waals surface area contributed by atoms with Gasteiger partial charge < -0.3 is 14.6 Å². The Bertz CT molecular complexity index is 471. The van der Waals surface area contributed by atoms with Gasteiger partial charge in [-0.1, -0.05) is 6.07 Å². The first-order valence-corrected chi connectivity index (χ1v) is 5.40. The molecule has 1 aromatic rings. The summed E-state index contributed by atoms with van der Waals surface area (Å²) in [7, 11) is 1.20. The highest BCUT2D eigenvalue weighted by Crippen LogP contribution is 2.25. The van der Waals surface area contributed by atoms with Crippen LogP contribution in [0.4, 0.5) is 0 Å². The molecule has 1 aromatic carbocycles. The Morgan fingerprint density at radius 3 is 2.06 bits per heavy atom. The maximum Gasteiger partial charge on any atom is 0.342 e. The molecule has 0 aliphatic heterocycles. The summed E-state index contributed by atoms with van der Waals surface area (Å²) in [6.45, 7) is 5.14. The van der Waals surface area contributed by atoms with Gasteiger partial charge in [0, 0.05) is 0 Å². The zero-order valence-electron chi connectivity index (χ0n) is 10.8. The molecule has 1 N–H and O–H groups in total. The van der Waals surface area contributed by atoms with Gasteiger partial charge in [0.25, 0.3) is 0 Å². The molecule has 0 heterocycles. The third kappa shape index (κ3) is 3.23. The standard InChI is InChI=1S/C13H16O5/c1-13(2,3)18-12(16)9-7-5-6-8(10(9)14)11(15)17-4/h5-7,14H,1-4H3. The van der Waals surface area contributed by atoms with Crippen LogP contribution in [0.3, 0.4) is 0 Å². The van der Waals surface area contributed by atoms with Gasteiger partial charge >= 0.3 is 11.9 Å². The maximum absolute atomic E-state index is 11.8. The number of esters is 2. The summed E-state index contributed by atoms with van der Waals surface area (Å²) in [5, 5.41) is 9.86. The molecule has 0 aliphatic rings. The fourth-order valence-corrected chi connectivity index (χ4v) is 1.32. The summed E-state index contributed by atoms with van der Waals surface area (Å²) >= 11 is 0. The molecule has 0 amide bonds. The number of carbonyl (C=O) groups excluding carboxylic acids is 2. The number of aromatic hydroxyl groups is 1. The lowest BCUT2D eigenvalue weighted by Crippen LogP contribution is -2.24. The quantitative estimate of drug-likeness (QED) is 0.816. The van der Waals surface area contributed by atoms with Crippen LogP contribution in [0.15, 0.2) is 18.2 Å². The number of benzene rings is 1. The van der Waals surface area contributed by atoms with Gasteiger partial charge in [0.2, 0.25) is 0 Å². The van der Waals surface area contributed by atoms with Crippen LogP contribution in [-0.2, 0) is 9.47 Å². The van der Waals surface area contributed by atoms with Crippen LogP contribution in [0, 0.1) is 0 Å². The second kappa shape index (κ2) is 5.08. The van der Waals surface area contributed by atoms with Crippen LogP contribution >= 0.6 is 0 Å². The summed E-state index contributed by atoms with van der Waals surface area (Å²) in [4.78, 5) is 23.2. The highest BCUT2D eigenvalue weighted by molar-refractivity contribution is 6.00. The minimum Gasteiger partial charge on any atom is -0.506 e. The summed E-state index contributed by atoms with van der Waals surface area (Å²) in [6, 6.07) is 4.23. The van der Waals surface area contributed by atoms with E-state index in [1.54, 1.807) is 20.8 Å². The number of ether oxygens (including phenoxy) is 2. The fourth-order valence-electron chi connectivity index (χ4n) is 1.32. The van der Waals surface area contributed by atoms with Crippen molar-refractivity contribution in [2.75, 3.05) is 7.11 Å². The van der Waals surface area contributed by atoms with Crippen molar-refractivity contribution in [3.8, 4) is 5.75 Å². The van der Waals surface area contributed by atoms with Crippen molar-refractivity contribution in [2.45, 2.75) is 26.4 Å². The van der Waals surface area contributed by atoms with E-state index in [0.29, 0.717) is 0 Å². The van der Waals surface area contributed by atoms with E-state index >= 15 is 0 Å². The largest absolute Gasteiger partial charge is 0.506 e. The highest BCUT2D eigenvalue weighted by atomic mass is 16.6. The topological polar surface area (TPSA) is 72.8 Å². The third-order valence-corrected chi connectivity index (χ3v) is 2.06. The van der Waals surface area contributed by atoms with E-state index in [2.05, 4.69) is 4.74 Å². The Hall–Kier alpha value is -2.04. The smallest absolute Gasteiger partial charge is 0.342 e. The Kier molecular flexibility index (Phi) is 3.96. The van der Waals surface area contributed by atoms with Crippen molar-refractivity contribution < 1.29 is 24.2 Å². The molecule has 0 saturated heterocycles. The van der Waals surface area contributed by atoms with E-state index in [-0.39, 0.29) is 11.1 Å². The van der Waals surface area contributed by atoms with Gasteiger partial charge in [-0.3, -0.25) is 0 Å². The lowest BCUT2D eigenvalue weighted by atomic mass is 10.1. The number of para-hydroxylation sites is 1. The Labute approximate surface area is 105 Å². The van der Waals surface area contributed by atoms with E-state index < -0.39 is 23.3 Å². The first kappa shape index (κ1) is 14.0. The number of hydrogen-bond donors (Lipinski definition) is 1. The molecule has 0 saturated carbocycles. The minimum absolute atomic E-state index is 0.0622. The Morgan fingerprint density at radius 1 is 1.11 bits per heavy atom. The van der Waals surface area contributed by atoms with Crippen molar-refractivity contribution >= 4 is 11.9 Å². The van der Waals surface area contributed by atoms with Gasteiger partial charge in [-0.25, -0.2) is 9.59 Å². The van der Waals surface area contributed by atoms with Crippen molar-refractivity contribution in [1.29, 1.82) is 0 Å². The van der Waals surface area contributed by atoms with E-state index in [0.717, 1.165) is 0 Å². The van der Waals surface area contributed by atoms with Gasteiger partial charge in [0.05, 0.1) is 7.11 Å². The van der Waals surface area contributed by atoms with E-state index in [1.807, 2.05) is 0 Å². The predicted molar refractivity (Wildman–Crippen MR) is 64.6 cm³/mol. The molecule has 5 heteroatoms. The molecule has 0 bridgehead atoms. The van der Waals surface area contributed by atoms with Crippen LogP contribution in [-0.4, -0.2) is 29.8 Å². The second-order valence-corrected chi connectivity index (χ2v) is 4.70. The van der Waals surface area contributed by atoms with Gasteiger partial charge in [0.15, 0.2) is 0 Å². The number of methoxy groups -OCH3 is 1. The van der Waals surface area contributed by atoms with Crippen LogP contribution in [0.1, 0.15) is 41.5 Å². The summed E-state index contributed by atoms with van der Waals surface area (Å²) in [5.41, 5.74) is -0.807. The molecule has 0 unspecified atom stereocenters. The number of carbonyl (C=O) groups is 2. The molecule has 0 aromatic heterocycles. The monoisotopic (exact) mass is 252 g/mol. The van der Waals surface area contributed by atoms with Gasteiger partial charge in [-0.05, 0) is 32.9 Å². The molecule has 98 valence electrons. The molecular formula is C13H16O5. The number of hydrogen-bond acceptors (Lipinski definition) is 5. The highest BCUT2D eigenvalue weighted by Gasteiger charge is 2.23. The van der Waals surface area contributed by atoms with E-state index in [1.165, 1.54) is 25.3 Å². The first-order valence-electron chi connectivity index (χ1n) is 5.40. The SMILES string of the molecule is COC(=O)c1cccc(C(=O)OC(C)(C)C)c1O. The van der Waals surface area contributed by atoms with Gasteiger partial charge in [0.1, 0.15) is 22.5 Å². The molecule has 18 heavy (non-hydrogen) atoms. The Balaban J connectivity index is 3.11. The third-order valence-electron chi connectivity index (χ3n) is 2.06. The first-order chi connectivity index (χ1) is 8.26. The second-order valence-electron chi connectivity index (χ2n) is 4.70. The average molecular weight is 252 g/mol. The molecule has 5 nitrogen and oxygen atoms in total. The molecule has 1 rings (SSSR count). The minimum atomic E-state index is -0.710. The lowest BCUT2D eigenvalue weighted by molar-refractivity contribution is 0.00668. The number of phenols is 1. The summed E-state index contributed by atoms with van der Waals surface area (Å²) < 4.78 is 9.62. The number of rotatable bonds is 2. The van der Waals surface area contributed by atoms with Gasteiger partial charge in [-0.2, -0.15) is 0 Å². The molecule has 0 aliphatic carbocycles. The maximum atomic E-state index is 11.8. The van der Waals surface area contributed by atoms with Crippen molar-refractivity contribution in [3.63, 3.8) is 0 Å². The Morgan fingerprint density at radius 2 is 1.61 bits per heavy atom. The van der Waals surface area contributed by atoms with E-state index in [4.69, 9.17) is 4.74 Å². The van der Waals surface area contributed by atoms with Crippen molar-refractivity contribution in [3.05, 3.63) is 29.3 Å². The van der Waals surface area contributed by atoms with Crippen molar-refractivity contribution in [1.82, 2.24) is 0 Å². The lowest BCUT2D eigenvalue weighted by Gasteiger charge is -2.20. The zero-order chi connectivity index (χ0) is 13.9. The molecule has 0 atom stereocenters. The molecular weight excluding hydrogens is 236 g/mol. The average Bonchev–Trinajstić information content (AvgIpc) is 2.26. The molecule has 0 spiro atoms. The molecule has 0 radical (unpaired) electrons. The van der Waals surface area contributed by atoms with Crippen LogP contribution in [0.2, 0.25) is 0 Å². The van der Waals surface area contributed by atoms with Crippen LogP contribution < -0.4 is 0 Å². The zero-order valence-corrected chi connectivity index (χ0v) is 10.8. The van der Waals surface area contributed by atoms with Crippen LogP contribution in [0.25, 0.3) is 0 Å². The van der Waals surface area contributed by atoms with Gasteiger partial charge in [-0.15, -0.1) is 0 Å². The van der Waals surface area contributed by atoms with Crippen LogP contribution in [0.5, 0.6) is 5.75 Å². The van der Waals surface area contributed by atoms with Crippen molar-refractivity contribution in [2.24, 2.45) is 0 Å².